The molecular weight excluding hydrogens is 172 g/mol. The first-order chi connectivity index (χ1) is 6.17. The maximum absolute atomic E-state index is 11.2. The van der Waals surface area contributed by atoms with Crippen LogP contribution in [0.5, 0.6) is 0 Å². The highest BCUT2D eigenvalue weighted by atomic mass is 16.5. The average Bonchev–Trinajstić information content (AvgIpc) is 2.13. The number of esters is 1. The normalized spacial score (nSPS) is 10.8. The maximum atomic E-state index is 11.2. The first-order valence-electron chi connectivity index (χ1n) is 4.10. The molecular formula is C9H14O4. The van der Waals surface area contributed by atoms with Crippen LogP contribution < -0.4 is 0 Å². The highest BCUT2D eigenvalue weighted by Gasteiger charge is 2.17. The fraction of sp³-hybridized carbons (Fsp3) is 0.556. The first-order valence-corrected chi connectivity index (χ1v) is 4.10. The molecule has 0 spiro atoms. The second kappa shape index (κ2) is 6.22. The van der Waals surface area contributed by atoms with Crippen LogP contribution in [0.15, 0.2) is 11.8 Å². The van der Waals surface area contributed by atoms with Crippen molar-refractivity contribution in [1.29, 1.82) is 0 Å². The van der Waals surface area contributed by atoms with Crippen LogP contribution in [0.4, 0.5) is 0 Å². The lowest BCUT2D eigenvalue weighted by atomic mass is 10.1. The number of hydrogen-bond donors (Lipinski definition) is 0. The Balaban J connectivity index is 4.52. The van der Waals surface area contributed by atoms with Gasteiger partial charge in [0.05, 0.1) is 13.7 Å². The van der Waals surface area contributed by atoms with Gasteiger partial charge in [-0.15, -0.1) is 0 Å². The molecule has 0 radical (unpaired) electrons. The summed E-state index contributed by atoms with van der Waals surface area (Å²) in [4.78, 5) is 22.3. The van der Waals surface area contributed by atoms with Gasteiger partial charge in [0.1, 0.15) is 11.8 Å². The molecule has 4 heteroatoms. The van der Waals surface area contributed by atoms with Crippen molar-refractivity contribution < 1.29 is 19.1 Å². The highest BCUT2D eigenvalue weighted by Crippen LogP contribution is 2.03. The average molecular weight is 186 g/mol. The molecule has 13 heavy (non-hydrogen) atoms. The third kappa shape index (κ3) is 3.73. The molecule has 0 aliphatic rings. The lowest BCUT2D eigenvalue weighted by Gasteiger charge is -2.03. The molecule has 4 nitrogen and oxygen atoms in total. The Morgan fingerprint density at radius 3 is 2.31 bits per heavy atom. The van der Waals surface area contributed by atoms with Crippen LogP contribution in [-0.4, -0.2) is 25.5 Å². The largest absolute Gasteiger partial charge is 0.503 e. The zero-order valence-electron chi connectivity index (χ0n) is 8.12. The molecule has 0 saturated heterocycles. The molecule has 0 aliphatic heterocycles. The van der Waals surface area contributed by atoms with Gasteiger partial charge in [0.15, 0.2) is 5.78 Å². The molecule has 74 valence electrons. The third-order valence-electron chi connectivity index (χ3n) is 1.35. The minimum absolute atomic E-state index is 0.0353. The van der Waals surface area contributed by atoms with Gasteiger partial charge >= 0.3 is 5.97 Å². The van der Waals surface area contributed by atoms with Gasteiger partial charge in [-0.05, 0) is 6.92 Å². The molecule has 0 aromatic rings. The SMILES string of the molecule is CCOC(=O)/C(=C\OC)C(=O)CC. The second-order valence-electron chi connectivity index (χ2n) is 2.26. The topological polar surface area (TPSA) is 52.6 Å². The van der Waals surface area contributed by atoms with Crippen LogP contribution in [0.25, 0.3) is 0 Å². The fourth-order valence-corrected chi connectivity index (χ4v) is 0.745. The third-order valence-corrected chi connectivity index (χ3v) is 1.35. The summed E-state index contributed by atoms with van der Waals surface area (Å²) in [5.41, 5.74) is -0.0353. The molecule has 0 saturated carbocycles. The van der Waals surface area contributed by atoms with E-state index in [2.05, 4.69) is 9.47 Å². The Morgan fingerprint density at radius 2 is 1.92 bits per heavy atom. The number of carbonyl (C=O) groups excluding carboxylic acids is 2. The fourth-order valence-electron chi connectivity index (χ4n) is 0.745. The standard InChI is InChI=1S/C9H14O4/c1-4-8(10)7(6-12-3)9(11)13-5-2/h6H,4-5H2,1-3H3/b7-6-. The van der Waals surface area contributed by atoms with E-state index in [0.29, 0.717) is 0 Å². The number of ether oxygens (including phenoxy) is 2. The van der Waals surface area contributed by atoms with Crippen LogP contribution in [0.2, 0.25) is 0 Å². The summed E-state index contributed by atoms with van der Waals surface area (Å²) in [7, 11) is 1.38. The van der Waals surface area contributed by atoms with Crippen molar-refractivity contribution in [3.05, 3.63) is 11.8 Å². The van der Waals surface area contributed by atoms with Crippen LogP contribution >= 0.6 is 0 Å². The summed E-state index contributed by atoms with van der Waals surface area (Å²) in [5.74, 6) is -0.906. The zero-order valence-corrected chi connectivity index (χ0v) is 8.12. The quantitative estimate of drug-likeness (QED) is 0.212. The van der Waals surface area contributed by atoms with Gasteiger partial charge in [-0.1, -0.05) is 6.92 Å². The second-order valence-corrected chi connectivity index (χ2v) is 2.26. The van der Waals surface area contributed by atoms with Crippen molar-refractivity contribution in [2.45, 2.75) is 20.3 Å². The van der Waals surface area contributed by atoms with Gasteiger partial charge in [0.25, 0.3) is 0 Å². The summed E-state index contributed by atoms with van der Waals surface area (Å²) in [6, 6.07) is 0. The van der Waals surface area contributed by atoms with E-state index in [4.69, 9.17) is 0 Å². The van der Waals surface area contributed by atoms with Gasteiger partial charge in [-0.2, -0.15) is 0 Å². The van der Waals surface area contributed by atoms with Crippen molar-refractivity contribution in [1.82, 2.24) is 0 Å². The van der Waals surface area contributed by atoms with E-state index in [0.717, 1.165) is 6.26 Å². The minimum Gasteiger partial charge on any atom is -0.503 e. The smallest absolute Gasteiger partial charge is 0.344 e. The van der Waals surface area contributed by atoms with E-state index in [-0.39, 0.29) is 24.4 Å². The molecule has 0 fully saturated rings. The molecule has 0 aromatic heterocycles. The van der Waals surface area contributed by atoms with Crippen LogP contribution in [0.1, 0.15) is 20.3 Å². The lowest BCUT2D eigenvalue weighted by Crippen LogP contribution is -2.15. The number of rotatable bonds is 5. The van der Waals surface area contributed by atoms with Crippen molar-refractivity contribution in [3.63, 3.8) is 0 Å². The molecule has 0 bridgehead atoms. The monoisotopic (exact) mass is 186 g/mol. The van der Waals surface area contributed by atoms with E-state index in [9.17, 15) is 9.59 Å². The van der Waals surface area contributed by atoms with Gasteiger partial charge in [0, 0.05) is 6.42 Å². The molecule has 0 aromatic carbocycles. The van der Waals surface area contributed by atoms with E-state index in [1.54, 1.807) is 13.8 Å². The van der Waals surface area contributed by atoms with Gasteiger partial charge in [-0.25, -0.2) is 4.79 Å². The lowest BCUT2D eigenvalue weighted by molar-refractivity contribution is -0.140. The first kappa shape index (κ1) is 11.7. The molecule has 0 heterocycles. The number of hydrogen-bond acceptors (Lipinski definition) is 4. The van der Waals surface area contributed by atoms with Crippen LogP contribution in [0.3, 0.4) is 0 Å². The maximum Gasteiger partial charge on any atom is 0.344 e. The van der Waals surface area contributed by atoms with E-state index >= 15 is 0 Å². The molecule has 0 unspecified atom stereocenters. The summed E-state index contributed by atoms with van der Waals surface area (Å²) >= 11 is 0. The van der Waals surface area contributed by atoms with Gasteiger partial charge in [-0.3, -0.25) is 4.79 Å². The Morgan fingerprint density at radius 1 is 1.31 bits per heavy atom. The molecule has 0 rings (SSSR count). The number of carbonyl (C=O) groups is 2. The predicted octanol–water partition coefficient (Wildman–Crippen LogP) is 1.06. The van der Waals surface area contributed by atoms with Crippen molar-refractivity contribution in [2.24, 2.45) is 0 Å². The van der Waals surface area contributed by atoms with E-state index in [1.807, 2.05) is 0 Å². The highest BCUT2D eigenvalue weighted by molar-refractivity contribution is 6.16. The number of ketones is 1. The van der Waals surface area contributed by atoms with Gasteiger partial charge in [0.2, 0.25) is 0 Å². The summed E-state index contributed by atoms with van der Waals surface area (Å²) < 4.78 is 9.28. The molecule has 0 atom stereocenters. The van der Waals surface area contributed by atoms with Crippen molar-refractivity contribution >= 4 is 11.8 Å². The van der Waals surface area contributed by atoms with E-state index in [1.165, 1.54) is 7.11 Å². The van der Waals surface area contributed by atoms with Crippen LogP contribution in [-0.2, 0) is 19.1 Å². The summed E-state index contributed by atoms with van der Waals surface area (Å²) in [6.07, 6.45) is 1.37. The zero-order chi connectivity index (χ0) is 10.3. The van der Waals surface area contributed by atoms with Crippen LogP contribution in [0, 0.1) is 0 Å². The Hall–Kier alpha value is -1.32. The summed E-state index contributed by atoms with van der Waals surface area (Å²) in [5, 5.41) is 0. The van der Waals surface area contributed by atoms with Crippen molar-refractivity contribution in [3.8, 4) is 0 Å². The predicted molar refractivity (Wildman–Crippen MR) is 47.0 cm³/mol. The molecule has 0 aliphatic carbocycles. The Bertz CT molecular complexity index is 218. The van der Waals surface area contributed by atoms with Gasteiger partial charge < -0.3 is 9.47 Å². The van der Waals surface area contributed by atoms with Crippen molar-refractivity contribution in [2.75, 3.05) is 13.7 Å². The Kier molecular flexibility index (Phi) is 5.59. The number of methoxy groups -OCH3 is 1. The number of Topliss-reactive ketones (excluding diaryl/α,β-unsaturated/α-hetero) is 1. The minimum atomic E-state index is -0.629. The Labute approximate surface area is 77.5 Å². The molecule has 0 amide bonds. The van der Waals surface area contributed by atoms with E-state index < -0.39 is 5.97 Å². The summed E-state index contributed by atoms with van der Waals surface area (Å²) in [6.45, 7) is 3.60. The molecule has 0 N–H and O–H groups in total.